The second-order valence-electron chi connectivity index (χ2n) is 4.85. The number of amides is 1. The van der Waals surface area contributed by atoms with E-state index in [2.05, 4.69) is 5.32 Å². The van der Waals surface area contributed by atoms with Gasteiger partial charge in [0.25, 0.3) is 0 Å². The first-order valence-corrected chi connectivity index (χ1v) is 6.16. The van der Waals surface area contributed by atoms with E-state index in [4.69, 9.17) is 0 Å². The molecule has 0 aliphatic rings. The molecule has 1 rings (SSSR count). The molecular weight excluding hydrogens is 228 g/mol. The molecule has 2 N–H and O–H groups in total. The van der Waals surface area contributed by atoms with Crippen LogP contribution < -0.4 is 5.32 Å². The third-order valence-electron chi connectivity index (χ3n) is 2.86. The third-order valence-corrected chi connectivity index (χ3v) is 2.86. The molecule has 0 aliphatic heterocycles. The van der Waals surface area contributed by atoms with Crippen molar-refractivity contribution in [1.82, 2.24) is 10.2 Å². The van der Waals surface area contributed by atoms with Crippen molar-refractivity contribution in [2.24, 2.45) is 0 Å². The maximum Gasteiger partial charge on any atom is 0.238 e. The Bertz CT molecular complexity index is 405. The molecule has 0 aromatic heterocycles. The van der Waals surface area contributed by atoms with Gasteiger partial charge in [-0.2, -0.15) is 0 Å². The van der Waals surface area contributed by atoms with Gasteiger partial charge in [-0.25, -0.2) is 0 Å². The van der Waals surface area contributed by atoms with Crippen molar-refractivity contribution in [1.29, 1.82) is 0 Å². The Balaban J connectivity index is 2.54. The van der Waals surface area contributed by atoms with Crippen molar-refractivity contribution >= 4 is 5.91 Å². The Morgan fingerprint density at radius 3 is 2.50 bits per heavy atom. The van der Waals surface area contributed by atoms with Gasteiger partial charge in [0.05, 0.1) is 6.04 Å². The van der Waals surface area contributed by atoms with E-state index in [0.717, 1.165) is 5.56 Å². The lowest BCUT2D eigenvalue weighted by Gasteiger charge is -2.22. The van der Waals surface area contributed by atoms with E-state index in [1.165, 1.54) is 0 Å². The summed E-state index contributed by atoms with van der Waals surface area (Å²) in [4.78, 5) is 13.3. The van der Waals surface area contributed by atoms with E-state index in [1.807, 2.05) is 26.0 Å². The Labute approximate surface area is 109 Å². The number of phenolic OH excluding ortho intramolecular Hbond substituents is 1. The second-order valence-corrected chi connectivity index (χ2v) is 4.85. The number of aromatic hydroxyl groups is 1. The molecule has 1 unspecified atom stereocenters. The summed E-state index contributed by atoms with van der Waals surface area (Å²) in [5, 5.41) is 12.9. The highest BCUT2D eigenvalue weighted by atomic mass is 16.3. The van der Waals surface area contributed by atoms with Crippen LogP contribution in [-0.4, -0.2) is 42.1 Å². The van der Waals surface area contributed by atoms with Gasteiger partial charge in [0.1, 0.15) is 5.75 Å². The molecule has 18 heavy (non-hydrogen) atoms. The molecule has 0 fully saturated rings. The second kappa shape index (κ2) is 6.40. The maximum absolute atomic E-state index is 11.7. The van der Waals surface area contributed by atoms with E-state index >= 15 is 0 Å². The largest absolute Gasteiger partial charge is 0.508 e. The van der Waals surface area contributed by atoms with Crippen molar-refractivity contribution in [3.05, 3.63) is 29.8 Å². The number of likely N-dealkylation sites (N-methyl/N-ethyl adjacent to an activating group) is 1. The van der Waals surface area contributed by atoms with Crippen LogP contribution >= 0.6 is 0 Å². The molecule has 4 nitrogen and oxygen atoms in total. The fraction of sp³-hybridized carbons (Fsp3) is 0.500. The molecule has 0 saturated carbocycles. The zero-order chi connectivity index (χ0) is 13.7. The standard InChI is InChI=1S/C14H22N2O2/c1-10(15-11(2)14(18)16(3)4)9-12-7-5-6-8-13(12)17/h5-8,10-11,15,17H,9H2,1-4H3/t10?,11-/m0/s1. The molecular formula is C14H22N2O2. The number of rotatable bonds is 5. The molecule has 0 heterocycles. The highest BCUT2D eigenvalue weighted by Gasteiger charge is 2.17. The molecule has 1 amide bonds. The molecule has 0 saturated heterocycles. The first-order chi connectivity index (χ1) is 8.41. The Morgan fingerprint density at radius 2 is 1.94 bits per heavy atom. The molecule has 0 aliphatic carbocycles. The molecule has 2 atom stereocenters. The number of hydrogen-bond donors (Lipinski definition) is 2. The number of nitrogens with one attached hydrogen (secondary N) is 1. The van der Waals surface area contributed by atoms with E-state index in [0.29, 0.717) is 12.2 Å². The summed E-state index contributed by atoms with van der Waals surface area (Å²) in [5.41, 5.74) is 0.891. The van der Waals surface area contributed by atoms with Crippen LogP contribution in [0.4, 0.5) is 0 Å². The van der Waals surface area contributed by atoms with Crippen LogP contribution in [0, 0.1) is 0 Å². The summed E-state index contributed by atoms with van der Waals surface area (Å²) in [6.45, 7) is 3.86. The molecule has 0 bridgehead atoms. The molecule has 4 heteroatoms. The van der Waals surface area contributed by atoms with Gasteiger partial charge in [-0.1, -0.05) is 18.2 Å². The predicted molar refractivity (Wildman–Crippen MR) is 72.6 cm³/mol. The molecule has 100 valence electrons. The zero-order valence-electron chi connectivity index (χ0n) is 11.5. The maximum atomic E-state index is 11.7. The van der Waals surface area contributed by atoms with Crippen LogP contribution in [0.3, 0.4) is 0 Å². The average Bonchev–Trinajstić information content (AvgIpc) is 2.30. The normalized spacial score (nSPS) is 14.0. The van der Waals surface area contributed by atoms with Gasteiger partial charge < -0.3 is 15.3 Å². The molecule has 0 spiro atoms. The first-order valence-electron chi connectivity index (χ1n) is 6.16. The summed E-state index contributed by atoms with van der Waals surface area (Å²) in [6.07, 6.45) is 0.692. The van der Waals surface area contributed by atoms with Crippen molar-refractivity contribution in [2.75, 3.05) is 14.1 Å². The van der Waals surface area contributed by atoms with Gasteiger partial charge in [-0.15, -0.1) is 0 Å². The fourth-order valence-electron chi connectivity index (χ4n) is 1.96. The smallest absolute Gasteiger partial charge is 0.238 e. The monoisotopic (exact) mass is 250 g/mol. The number of carbonyl (C=O) groups excluding carboxylic acids is 1. The van der Waals surface area contributed by atoms with E-state index in [-0.39, 0.29) is 18.0 Å². The zero-order valence-corrected chi connectivity index (χ0v) is 11.5. The summed E-state index contributed by atoms with van der Waals surface area (Å²) in [7, 11) is 3.49. The number of para-hydroxylation sites is 1. The van der Waals surface area contributed by atoms with E-state index in [1.54, 1.807) is 31.1 Å². The number of nitrogens with zero attached hydrogens (tertiary/aromatic N) is 1. The average molecular weight is 250 g/mol. The lowest BCUT2D eigenvalue weighted by atomic mass is 10.1. The van der Waals surface area contributed by atoms with Gasteiger partial charge in [-0.05, 0) is 31.9 Å². The number of benzene rings is 1. The summed E-state index contributed by atoms with van der Waals surface area (Å²) >= 11 is 0. The van der Waals surface area contributed by atoms with Crippen LogP contribution in [0.25, 0.3) is 0 Å². The molecule has 1 aromatic rings. The number of hydrogen-bond acceptors (Lipinski definition) is 3. The molecule has 1 aromatic carbocycles. The minimum absolute atomic E-state index is 0.0548. The van der Waals surface area contributed by atoms with Gasteiger partial charge in [0.2, 0.25) is 5.91 Å². The van der Waals surface area contributed by atoms with Crippen LogP contribution in [0.1, 0.15) is 19.4 Å². The minimum atomic E-state index is -0.221. The number of phenols is 1. The van der Waals surface area contributed by atoms with Gasteiger partial charge in [-0.3, -0.25) is 4.79 Å². The summed E-state index contributed by atoms with van der Waals surface area (Å²) in [6, 6.07) is 7.17. The van der Waals surface area contributed by atoms with E-state index in [9.17, 15) is 9.90 Å². The summed E-state index contributed by atoms with van der Waals surface area (Å²) < 4.78 is 0. The van der Waals surface area contributed by atoms with Gasteiger partial charge in [0.15, 0.2) is 0 Å². The van der Waals surface area contributed by atoms with Crippen LogP contribution in [-0.2, 0) is 11.2 Å². The predicted octanol–water partition coefficient (Wildman–Crippen LogP) is 1.39. The highest BCUT2D eigenvalue weighted by molar-refractivity contribution is 5.80. The third kappa shape index (κ3) is 4.04. The first kappa shape index (κ1) is 14.5. The van der Waals surface area contributed by atoms with Crippen molar-refractivity contribution in [2.45, 2.75) is 32.4 Å². The topological polar surface area (TPSA) is 52.6 Å². The summed E-state index contributed by atoms with van der Waals surface area (Å²) in [5.74, 6) is 0.358. The fourth-order valence-corrected chi connectivity index (χ4v) is 1.96. The quantitative estimate of drug-likeness (QED) is 0.830. The van der Waals surface area contributed by atoms with Crippen LogP contribution in [0.15, 0.2) is 24.3 Å². The van der Waals surface area contributed by atoms with Gasteiger partial charge in [0, 0.05) is 20.1 Å². The van der Waals surface area contributed by atoms with Crippen molar-refractivity contribution in [3.63, 3.8) is 0 Å². The lowest BCUT2D eigenvalue weighted by molar-refractivity contribution is -0.130. The minimum Gasteiger partial charge on any atom is -0.508 e. The molecule has 0 radical (unpaired) electrons. The van der Waals surface area contributed by atoms with Crippen LogP contribution in [0.2, 0.25) is 0 Å². The van der Waals surface area contributed by atoms with Crippen LogP contribution in [0.5, 0.6) is 5.75 Å². The Hall–Kier alpha value is -1.55. The van der Waals surface area contributed by atoms with E-state index < -0.39 is 0 Å². The Morgan fingerprint density at radius 1 is 1.33 bits per heavy atom. The van der Waals surface area contributed by atoms with Crippen molar-refractivity contribution < 1.29 is 9.90 Å². The van der Waals surface area contributed by atoms with Crippen molar-refractivity contribution in [3.8, 4) is 5.75 Å². The number of carbonyl (C=O) groups is 1. The lowest BCUT2D eigenvalue weighted by Crippen LogP contribution is -2.45. The van der Waals surface area contributed by atoms with Gasteiger partial charge >= 0.3 is 0 Å². The SMILES string of the molecule is CC(Cc1ccccc1O)N[C@@H](C)C(=O)N(C)C. The Kier molecular flexibility index (Phi) is 5.16. The highest BCUT2D eigenvalue weighted by Crippen LogP contribution is 2.17.